The van der Waals surface area contributed by atoms with E-state index in [4.69, 9.17) is 9.84 Å². The molecule has 0 radical (unpaired) electrons. The van der Waals surface area contributed by atoms with Crippen LogP contribution in [0.25, 0.3) is 0 Å². The Balaban J connectivity index is 0.000000229. The molecule has 0 saturated carbocycles. The van der Waals surface area contributed by atoms with Crippen molar-refractivity contribution in [3.05, 3.63) is 89.1 Å². The third kappa shape index (κ3) is 5.13. The zero-order chi connectivity index (χ0) is 16.5. The summed E-state index contributed by atoms with van der Waals surface area (Å²) in [6.45, 7) is 0. The summed E-state index contributed by atoms with van der Waals surface area (Å²) < 4.78 is 5.32. The first-order valence-electron chi connectivity index (χ1n) is 6.73. The molecule has 0 fully saturated rings. The molecular formula is C17H14N2O4. The fraction of sp³-hybridized carbons (Fsp3) is 0. The van der Waals surface area contributed by atoms with Crippen LogP contribution in [0.2, 0.25) is 0 Å². The van der Waals surface area contributed by atoms with Gasteiger partial charge in [0.25, 0.3) is 5.88 Å². The molecule has 6 nitrogen and oxygen atoms in total. The molecule has 0 amide bonds. The van der Waals surface area contributed by atoms with Crippen molar-refractivity contribution in [1.29, 1.82) is 0 Å². The summed E-state index contributed by atoms with van der Waals surface area (Å²) in [5, 5.41) is 19.3. The van der Waals surface area contributed by atoms with E-state index in [1.165, 1.54) is 18.3 Å². The van der Waals surface area contributed by atoms with Crippen molar-refractivity contribution in [2.75, 3.05) is 0 Å². The SMILES string of the molecule is O=[N+]([O-])c1cccnc1Oc1ccccc1.Oc1ccccc1. The first kappa shape index (κ1) is 16.0. The molecule has 0 bridgehead atoms. The maximum Gasteiger partial charge on any atom is 0.331 e. The molecule has 3 aromatic rings. The smallest absolute Gasteiger partial charge is 0.331 e. The molecule has 2 aromatic carbocycles. The lowest BCUT2D eigenvalue weighted by atomic mass is 10.3. The summed E-state index contributed by atoms with van der Waals surface area (Å²) in [4.78, 5) is 14.0. The third-order valence-corrected chi connectivity index (χ3v) is 2.66. The van der Waals surface area contributed by atoms with E-state index < -0.39 is 4.92 Å². The van der Waals surface area contributed by atoms with Crippen LogP contribution in [0.5, 0.6) is 17.4 Å². The van der Waals surface area contributed by atoms with Gasteiger partial charge in [0.15, 0.2) is 0 Å². The van der Waals surface area contributed by atoms with Crippen molar-refractivity contribution in [3.8, 4) is 17.4 Å². The first-order valence-corrected chi connectivity index (χ1v) is 6.73. The molecule has 0 aliphatic heterocycles. The highest BCUT2D eigenvalue weighted by atomic mass is 16.6. The average molecular weight is 310 g/mol. The van der Waals surface area contributed by atoms with Crippen molar-refractivity contribution in [2.45, 2.75) is 0 Å². The molecule has 0 atom stereocenters. The number of nitrogens with zero attached hydrogens (tertiary/aromatic N) is 2. The van der Waals surface area contributed by atoms with Crippen molar-refractivity contribution >= 4 is 5.69 Å². The molecule has 0 unspecified atom stereocenters. The Bertz CT molecular complexity index is 749. The van der Waals surface area contributed by atoms with E-state index in [0.29, 0.717) is 11.5 Å². The van der Waals surface area contributed by atoms with Crippen molar-refractivity contribution in [1.82, 2.24) is 4.98 Å². The minimum Gasteiger partial charge on any atom is -0.508 e. The zero-order valence-corrected chi connectivity index (χ0v) is 12.1. The van der Waals surface area contributed by atoms with Crippen LogP contribution in [0, 0.1) is 10.1 Å². The quantitative estimate of drug-likeness (QED) is 0.579. The molecule has 0 aliphatic carbocycles. The Morgan fingerprint density at radius 1 is 0.913 bits per heavy atom. The fourth-order valence-corrected chi connectivity index (χ4v) is 1.63. The maximum atomic E-state index is 10.7. The van der Waals surface area contributed by atoms with Gasteiger partial charge in [-0.15, -0.1) is 0 Å². The standard InChI is InChI=1S/C11H8N2O3.C6H6O/c14-13(15)10-7-4-8-12-11(10)16-9-5-2-1-3-6-9;7-6-4-2-1-3-5-6/h1-8H;1-5,7H. The van der Waals surface area contributed by atoms with Gasteiger partial charge in [0.2, 0.25) is 0 Å². The Hall–Kier alpha value is -3.41. The molecule has 6 heteroatoms. The van der Waals surface area contributed by atoms with E-state index in [0.717, 1.165) is 0 Å². The van der Waals surface area contributed by atoms with Crippen LogP contribution in [0.4, 0.5) is 5.69 Å². The van der Waals surface area contributed by atoms with Gasteiger partial charge in [-0.2, -0.15) is 0 Å². The van der Waals surface area contributed by atoms with Crippen LogP contribution in [0.3, 0.4) is 0 Å². The minimum absolute atomic E-state index is 0.00120. The summed E-state index contributed by atoms with van der Waals surface area (Å²) in [6, 6.07) is 20.4. The minimum atomic E-state index is -0.523. The molecule has 116 valence electrons. The van der Waals surface area contributed by atoms with Gasteiger partial charge < -0.3 is 9.84 Å². The number of nitro groups is 1. The number of aromatic nitrogens is 1. The van der Waals surface area contributed by atoms with Crippen molar-refractivity contribution < 1.29 is 14.8 Å². The third-order valence-electron chi connectivity index (χ3n) is 2.66. The number of benzene rings is 2. The first-order chi connectivity index (χ1) is 11.2. The lowest BCUT2D eigenvalue weighted by Gasteiger charge is -2.03. The largest absolute Gasteiger partial charge is 0.508 e. The highest BCUT2D eigenvalue weighted by Gasteiger charge is 2.15. The summed E-state index contributed by atoms with van der Waals surface area (Å²) in [6.07, 6.45) is 1.45. The van der Waals surface area contributed by atoms with Gasteiger partial charge in [0.1, 0.15) is 11.5 Å². The second-order valence-electron chi connectivity index (χ2n) is 4.34. The second-order valence-corrected chi connectivity index (χ2v) is 4.34. The van der Waals surface area contributed by atoms with Gasteiger partial charge in [0.05, 0.1) is 4.92 Å². The Labute approximate surface area is 132 Å². The number of phenolic OH excluding ortho intramolecular Hbond substituents is 1. The van der Waals surface area contributed by atoms with E-state index in [1.54, 1.807) is 48.5 Å². The summed E-state index contributed by atoms with van der Waals surface area (Å²) >= 11 is 0. The second kappa shape index (κ2) is 8.14. The Morgan fingerprint density at radius 2 is 1.52 bits per heavy atom. The van der Waals surface area contributed by atoms with Gasteiger partial charge in [-0.1, -0.05) is 36.4 Å². The molecule has 1 N–H and O–H groups in total. The molecule has 0 aliphatic rings. The van der Waals surface area contributed by atoms with Gasteiger partial charge in [-0.05, 0) is 30.3 Å². The van der Waals surface area contributed by atoms with E-state index in [1.807, 2.05) is 12.1 Å². The highest BCUT2D eigenvalue weighted by molar-refractivity contribution is 5.42. The summed E-state index contributed by atoms with van der Waals surface area (Å²) in [7, 11) is 0. The monoisotopic (exact) mass is 310 g/mol. The number of pyridine rings is 1. The summed E-state index contributed by atoms with van der Waals surface area (Å²) in [5.74, 6) is 0.838. The van der Waals surface area contributed by atoms with Crippen LogP contribution in [0.15, 0.2) is 79.0 Å². The Morgan fingerprint density at radius 3 is 2.04 bits per heavy atom. The van der Waals surface area contributed by atoms with E-state index in [9.17, 15) is 10.1 Å². The number of para-hydroxylation sites is 2. The van der Waals surface area contributed by atoms with Crippen LogP contribution < -0.4 is 4.74 Å². The number of aromatic hydroxyl groups is 1. The normalized spacial score (nSPS) is 9.39. The van der Waals surface area contributed by atoms with Gasteiger partial charge in [-0.3, -0.25) is 10.1 Å². The topological polar surface area (TPSA) is 85.5 Å². The maximum absolute atomic E-state index is 10.7. The molecule has 3 rings (SSSR count). The molecule has 1 heterocycles. The fourth-order valence-electron chi connectivity index (χ4n) is 1.63. The molecular weight excluding hydrogens is 296 g/mol. The molecule has 23 heavy (non-hydrogen) atoms. The van der Waals surface area contributed by atoms with Crippen LogP contribution >= 0.6 is 0 Å². The number of rotatable bonds is 3. The Kier molecular flexibility index (Phi) is 5.65. The van der Waals surface area contributed by atoms with E-state index in [2.05, 4.69) is 4.98 Å². The van der Waals surface area contributed by atoms with Crippen LogP contribution in [-0.4, -0.2) is 15.0 Å². The average Bonchev–Trinajstić information content (AvgIpc) is 2.57. The number of hydrogen-bond acceptors (Lipinski definition) is 5. The molecule has 0 spiro atoms. The number of hydrogen-bond donors (Lipinski definition) is 1. The molecule has 1 aromatic heterocycles. The van der Waals surface area contributed by atoms with Crippen molar-refractivity contribution in [3.63, 3.8) is 0 Å². The number of phenols is 1. The number of ether oxygens (including phenoxy) is 1. The highest BCUT2D eigenvalue weighted by Crippen LogP contribution is 2.27. The van der Waals surface area contributed by atoms with Gasteiger partial charge >= 0.3 is 5.69 Å². The summed E-state index contributed by atoms with van der Waals surface area (Å²) in [5.41, 5.74) is -0.147. The van der Waals surface area contributed by atoms with Crippen molar-refractivity contribution in [2.24, 2.45) is 0 Å². The van der Waals surface area contributed by atoms with E-state index in [-0.39, 0.29) is 11.6 Å². The van der Waals surface area contributed by atoms with Crippen LogP contribution in [-0.2, 0) is 0 Å². The van der Waals surface area contributed by atoms with Gasteiger partial charge in [0, 0.05) is 12.3 Å². The van der Waals surface area contributed by atoms with Gasteiger partial charge in [-0.25, -0.2) is 4.98 Å². The van der Waals surface area contributed by atoms with E-state index >= 15 is 0 Å². The predicted molar refractivity (Wildman–Crippen MR) is 85.5 cm³/mol. The van der Waals surface area contributed by atoms with Crippen LogP contribution in [0.1, 0.15) is 0 Å². The lowest BCUT2D eigenvalue weighted by Crippen LogP contribution is -1.95. The lowest BCUT2D eigenvalue weighted by molar-refractivity contribution is -0.386. The predicted octanol–water partition coefficient (Wildman–Crippen LogP) is 4.17. The molecule has 0 saturated heterocycles. The zero-order valence-electron chi connectivity index (χ0n) is 12.1.